The molecule has 0 atom stereocenters. The summed E-state index contributed by atoms with van der Waals surface area (Å²) >= 11 is 0. The number of pyridine rings is 1. The van der Waals surface area contributed by atoms with Gasteiger partial charge in [-0.3, -0.25) is 9.98 Å². The van der Waals surface area contributed by atoms with E-state index in [1.807, 2.05) is 24.3 Å². The van der Waals surface area contributed by atoms with E-state index in [-0.39, 0.29) is 36.1 Å². The number of aromatic nitrogens is 3. The Hall–Kier alpha value is -2.63. The van der Waals surface area contributed by atoms with E-state index in [2.05, 4.69) is 25.7 Å². The monoisotopic (exact) mass is 544 g/mol. The fourth-order valence-corrected chi connectivity index (χ4v) is 3.08. The average Bonchev–Trinajstić information content (AvgIpc) is 3.06. The number of nitrogens with zero attached hydrogens (tertiary/aromatic N) is 4. The molecule has 0 aliphatic rings. The molecule has 0 amide bonds. The highest BCUT2D eigenvalue weighted by Gasteiger charge is 2.33. The third kappa shape index (κ3) is 6.42. The van der Waals surface area contributed by atoms with Crippen molar-refractivity contribution in [3.05, 3.63) is 76.9 Å². The molecule has 2 heterocycles. The van der Waals surface area contributed by atoms with Crippen LogP contribution in [-0.4, -0.2) is 27.8 Å². The van der Waals surface area contributed by atoms with E-state index in [0.717, 1.165) is 23.1 Å². The predicted octanol–water partition coefficient (Wildman–Crippen LogP) is 4.39. The molecule has 3 rings (SSSR count). The molecule has 0 fully saturated rings. The van der Waals surface area contributed by atoms with Crippen LogP contribution >= 0.6 is 24.0 Å². The fraction of sp³-hybridized carbons (Fsp3) is 0.286. The quantitative estimate of drug-likeness (QED) is 0.284. The second-order valence-electron chi connectivity index (χ2n) is 6.78. The highest BCUT2D eigenvalue weighted by Crippen LogP contribution is 2.33. The summed E-state index contributed by atoms with van der Waals surface area (Å²) in [4.78, 5) is 8.26. The Bertz CT molecular complexity index is 1030. The fourth-order valence-electron chi connectivity index (χ4n) is 3.08. The summed E-state index contributed by atoms with van der Waals surface area (Å²) in [5, 5.41) is 10.2. The molecule has 0 aliphatic carbocycles. The maximum absolute atomic E-state index is 13.7. The van der Waals surface area contributed by atoms with Crippen molar-refractivity contribution in [3.63, 3.8) is 0 Å². The molecule has 0 spiro atoms. The zero-order valence-corrected chi connectivity index (χ0v) is 19.7. The zero-order chi connectivity index (χ0) is 21.7. The number of aryl methyl sites for hydroxylation is 2. The maximum Gasteiger partial charge on any atom is 0.416 e. The van der Waals surface area contributed by atoms with E-state index in [4.69, 9.17) is 0 Å². The highest BCUT2D eigenvalue weighted by atomic mass is 127. The first-order valence-corrected chi connectivity index (χ1v) is 9.36. The lowest BCUT2D eigenvalue weighted by atomic mass is 10.1. The molecule has 31 heavy (non-hydrogen) atoms. The van der Waals surface area contributed by atoms with Gasteiger partial charge in [-0.2, -0.15) is 18.3 Å². The molecular weight excluding hydrogens is 520 g/mol. The molecule has 10 heteroatoms. The van der Waals surface area contributed by atoms with Gasteiger partial charge in [-0.1, -0.05) is 12.1 Å². The Morgan fingerprint density at radius 1 is 1.06 bits per heavy atom. The Morgan fingerprint density at radius 3 is 2.39 bits per heavy atom. The van der Waals surface area contributed by atoms with E-state index in [1.165, 1.54) is 10.7 Å². The smallest absolute Gasteiger partial charge is 0.352 e. The third-order valence-electron chi connectivity index (χ3n) is 4.49. The number of nitrogens with one attached hydrogen (secondary N) is 2. The average molecular weight is 544 g/mol. The van der Waals surface area contributed by atoms with Gasteiger partial charge < -0.3 is 10.6 Å². The van der Waals surface area contributed by atoms with Crippen molar-refractivity contribution in [1.29, 1.82) is 0 Å². The van der Waals surface area contributed by atoms with Crippen LogP contribution in [0.1, 0.15) is 28.2 Å². The number of aliphatic imine (C=N–C) groups is 1. The summed E-state index contributed by atoms with van der Waals surface area (Å²) in [6, 6.07) is 11.6. The zero-order valence-electron chi connectivity index (χ0n) is 17.4. The van der Waals surface area contributed by atoms with Crippen LogP contribution < -0.4 is 10.6 Å². The van der Waals surface area contributed by atoms with Crippen LogP contribution in [0.4, 0.5) is 13.2 Å². The van der Waals surface area contributed by atoms with Crippen LogP contribution in [0.15, 0.2) is 53.7 Å². The number of guanidine groups is 1. The standard InChI is InChI=1S/C21H23F3N6.HI/c1-14-10-15(2)30(29-14)18-8-7-16(19(11-18)21(22,23)24)12-27-20(25-3)28-13-17-6-4-5-9-26-17;/h4-11H,12-13H2,1-3H3,(H2,25,27,28);1H. The van der Waals surface area contributed by atoms with Crippen molar-refractivity contribution < 1.29 is 13.2 Å². The molecule has 2 N–H and O–H groups in total. The number of hydrogen-bond donors (Lipinski definition) is 2. The molecule has 0 saturated carbocycles. The Labute approximate surface area is 196 Å². The van der Waals surface area contributed by atoms with Gasteiger partial charge in [-0.15, -0.1) is 24.0 Å². The lowest BCUT2D eigenvalue weighted by Crippen LogP contribution is -2.37. The number of halogens is 4. The Kier molecular flexibility index (Phi) is 8.43. The van der Waals surface area contributed by atoms with Gasteiger partial charge in [0.05, 0.1) is 29.2 Å². The van der Waals surface area contributed by atoms with E-state index in [0.29, 0.717) is 18.2 Å². The molecule has 166 valence electrons. The van der Waals surface area contributed by atoms with Crippen molar-refractivity contribution >= 4 is 29.9 Å². The van der Waals surface area contributed by atoms with Crippen LogP contribution in [0.25, 0.3) is 5.69 Å². The van der Waals surface area contributed by atoms with Crippen LogP contribution in [-0.2, 0) is 19.3 Å². The van der Waals surface area contributed by atoms with Gasteiger partial charge in [-0.25, -0.2) is 4.68 Å². The third-order valence-corrected chi connectivity index (χ3v) is 4.49. The van der Waals surface area contributed by atoms with E-state index < -0.39 is 11.7 Å². The molecular formula is C21H24F3IN6. The molecule has 0 saturated heterocycles. The van der Waals surface area contributed by atoms with Crippen LogP contribution in [0.3, 0.4) is 0 Å². The summed E-state index contributed by atoms with van der Waals surface area (Å²) in [5.74, 6) is 0.386. The number of benzene rings is 1. The van der Waals surface area contributed by atoms with Gasteiger partial charge in [0.1, 0.15) is 0 Å². The van der Waals surface area contributed by atoms with Crippen molar-refractivity contribution in [2.24, 2.45) is 4.99 Å². The summed E-state index contributed by atoms with van der Waals surface area (Å²) < 4.78 is 42.7. The summed E-state index contributed by atoms with van der Waals surface area (Å²) in [6.45, 7) is 3.98. The van der Waals surface area contributed by atoms with Crippen LogP contribution in [0.2, 0.25) is 0 Å². The van der Waals surface area contributed by atoms with E-state index in [9.17, 15) is 13.2 Å². The van der Waals surface area contributed by atoms with Crippen molar-refractivity contribution in [2.75, 3.05) is 7.05 Å². The first-order valence-electron chi connectivity index (χ1n) is 9.36. The second kappa shape index (κ2) is 10.6. The second-order valence-corrected chi connectivity index (χ2v) is 6.78. The normalized spacial score (nSPS) is 11.7. The molecule has 6 nitrogen and oxygen atoms in total. The first-order chi connectivity index (χ1) is 14.3. The SMILES string of the molecule is CN=C(NCc1ccccn1)NCc1ccc(-n2nc(C)cc2C)cc1C(F)(F)F.I. The molecule has 0 bridgehead atoms. The minimum absolute atomic E-state index is 0. The van der Waals surface area contributed by atoms with Gasteiger partial charge in [0.15, 0.2) is 5.96 Å². The van der Waals surface area contributed by atoms with Gasteiger partial charge in [-0.05, 0) is 49.7 Å². The largest absolute Gasteiger partial charge is 0.416 e. The minimum atomic E-state index is -4.49. The Morgan fingerprint density at radius 2 is 1.81 bits per heavy atom. The lowest BCUT2D eigenvalue weighted by Gasteiger charge is -2.17. The van der Waals surface area contributed by atoms with Gasteiger partial charge in [0.25, 0.3) is 0 Å². The van der Waals surface area contributed by atoms with E-state index >= 15 is 0 Å². The van der Waals surface area contributed by atoms with Gasteiger partial charge >= 0.3 is 6.18 Å². The van der Waals surface area contributed by atoms with Crippen molar-refractivity contribution in [3.8, 4) is 5.69 Å². The van der Waals surface area contributed by atoms with Crippen LogP contribution in [0.5, 0.6) is 0 Å². The number of rotatable bonds is 5. The molecule has 0 unspecified atom stereocenters. The minimum Gasteiger partial charge on any atom is -0.352 e. The summed E-state index contributed by atoms with van der Waals surface area (Å²) in [5.41, 5.74) is 2.09. The lowest BCUT2D eigenvalue weighted by molar-refractivity contribution is -0.138. The van der Waals surface area contributed by atoms with Gasteiger partial charge in [0.2, 0.25) is 0 Å². The molecule has 0 radical (unpaired) electrons. The first kappa shape index (κ1) is 24.6. The summed E-state index contributed by atoms with van der Waals surface area (Å²) in [6.07, 6.45) is -2.82. The molecule has 1 aromatic carbocycles. The van der Waals surface area contributed by atoms with Crippen molar-refractivity contribution in [2.45, 2.75) is 33.1 Å². The molecule has 0 aliphatic heterocycles. The topological polar surface area (TPSA) is 67.1 Å². The highest BCUT2D eigenvalue weighted by molar-refractivity contribution is 14.0. The molecule has 3 aromatic rings. The van der Waals surface area contributed by atoms with E-state index in [1.54, 1.807) is 33.2 Å². The van der Waals surface area contributed by atoms with Crippen LogP contribution in [0, 0.1) is 13.8 Å². The number of alkyl halides is 3. The predicted molar refractivity (Wildman–Crippen MR) is 125 cm³/mol. The summed E-state index contributed by atoms with van der Waals surface area (Å²) in [7, 11) is 1.56. The van der Waals surface area contributed by atoms with Gasteiger partial charge in [0, 0.05) is 25.5 Å². The van der Waals surface area contributed by atoms with Crippen molar-refractivity contribution in [1.82, 2.24) is 25.4 Å². The maximum atomic E-state index is 13.7. The Balaban J connectivity index is 0.00000341. The number of hydrogen-bond acceptors (Lipinski definition) is 3. The molecule has 2 aromatic heterocycles.